The molecule has 1 saturated heterocycles. The van der Waals surface area contributed by atoms with Gasteiger partial charge in [-0.15, -0.1) is 0 Å². The quantitative estimate of drug-likeness (QED) is 0.855. The highest BCUT2D eigenvalue weighted by molar-refractivity contribution is 7.71. The van der Waals surface area contributed by atoms with Gasteiger partial charge in [0.15, 0.2) is 4.77 Å². The number of nitrogens with zero attached hydrogens (tertiary/aromatic N) is 2. The summed E-state index contributed by atoms with van der Waals surface area (Å²) >= 11 is 5.34. The molecule has 0 spiro atoms. The third-order valence-electron chi connectivity index (χ3n) is 3.59. The predicted molar refractivity (Wildman–Crippen MR) is 76.3 cm³/mol. The minimum atomic E-state index is -0.182. The first kappa shape index (κ1) is 12.2. The molecule has 0 bridgehead atoms. The highest BCUT2D eigenvalue weighted by Crippen LogP contribution is 2.29. The Labute approximate surface area is 116 Å². The summed E-state index contributed by atoms with van der Waals surface area (Å²) in [7, 11) is 1.83. The maximum absolute atomic E-state index is 12.2. The standard InChI is InChI=1S/C14H15N3OS/c1-16-8-7-11(13(16)18)17-12(9-15-14(17)19)10-5-3-2-4-6-10/h2-6,9,11H,7-8H2,1H3,(H,15,19). The Morgan fingerprint density at radius 2 is 2.05 bits per heavy atom. The number of rotatable bonds is 2. The SMILES string of the molecule is CN1CCC(n2c(-c3ccccc3)c[nH]c2=S)C1=O. The van der Waals surface area contributed by atoms with Crippen LogP contribution in [0.25, 0.3) is 11.3 Å². The molecule has 1 fully saturated rings. The van der Waals surface area contributed by atoms with Gasteiger partial charge in [0.25, 0.3) is 0 Å². The van der Waals surface area contributed by atoms with E-state index >= 15 is 0 Å². The summed E-state index contributed by atoms with van der Waals surface area (Å²) in [6.45, 7) is 0.782. The van der Waals surface area contributed by atoms with Gasteiger partial charge >= 0.3 is 0 Å². The number of carbonyl (C=O) groups excluding carboxylic acids is 1. The van der Waals surface area contributed by atoms with Gasteiger partial charge in [-0.25, -0.2) is 0 Å². The number of aromatic nitrogens is 2. The molecule has 1 amide bonds. The Hall–Kier alpha value is -1.88. The van der Waals surface area contributed by atoms with Crippen LogP contribution in [0.3, 0.4) is 0 Å². The second-order valence-electron chi connectivity index (χ2n) is 4.78. The molecule has 0 aliphatic carbocycles. The maximum Gasteiger partial charge on any atom is 0.245 e. The number of imidazole rings is 1. The highest BCUT2D eigenvalue weighted by Gasteiger charge is 2.32. The van der Waals surface area contributed by atoms with E-state index in [1.807, 2.05) is 48.1 Å². The van der Waals surface area contributed by atoms with Crippen LogP contribution in [0.2, 0.25) is 0 Å². The van der Waals surface area contributed by atoms with Gasteiger partial charge in [-0.05, 0) is 24.2 Å². The third kappa shape index (κ3) is 2.00. The molecular formula is C14H15N3OS. The fourth-order valence-electron chi connectivity index (χ4n) is 2.56. The molecule has 0 radical (unpaired) electrons. The van der Waals surface area contributed by atoms with Crippen LogP contribution in [0.1, 0.15) is 12.5 Å². The lowest BCUT2D eigenvalue weighted by atomic mass is 10.1. The molecule has 5 heteroatoms. The minimum Gasteiger partial charge on any atom is -0.344 e. The van der Waals surface area contributed by atoms with Crippen LogP contribution in [0, 0.1) is 4.77 Å². The van der Waals surface area contributed by atoms with E-state index in [4.69, 9.17) is 12.2 Å². The van der Waals surface area contributed by atoms with E-state index in [1.165, 1.54) is 0 Å². The number of benzene rings is 1. The molecule has 4 nitrogen and oxygen atoms in total. The molecule has 1 aromatic carbocycles. The van der Waals surface area contributed by atoms with E-state index in [-0.39, 0.29) is 11.9 Å². The van der Waals surface area contributed by atoms with E-state index in [0.29, 0.717) is 4.77 Å². The number of H-pyrrole nitrogens is 1. The van der Waals surface area contributed by atoms with Gasteiger partial charge < -0.3 is 14.5 Å². The van der Waals surface area contributed by atoms with Crippen molar-refractivity contribution in [3.8, 4) is 11.3 Å². The zero-order chi connectivity index (χ0) is 13.4. The monoisotopic (exact) mass is 273 g/mol. The average Bonchev–Trinajstić information content (AvgIpc) is 2.95. The van der Waals surface area contributed by atoms with Gasteiger partial charge in [-0.2, -0.15) is 0 Å². The molecule has 1 N–H and O–H groups in total. The smallest absolute Gasteiger partial charge is 0.245 e. The molecule has 2 aromatic rings. The molecule has 1 aliphatic heterocycles. The molecule has 1 aromatic heterocycles. The fraction of sp³-hybridized carbons (Fsp3) is 0.286. The van der Waals surface area contributed by atoms with Gasteiger partial charge in [0.05, 0.1) is 5.69 Å². The van der Waals surface area contributed by atoms with E-state index < -0.39 is 0 Å². The lowest BCUT2D eigenvalue weighted by molar-refractivity contribution is -0.129. The van der Waals surface area contributed by atoms with Gasteiger partial charge in [-0.1, -0.05) is 30.3 Å². The van der Waals surface area contributed by atoms with E-state index in [9.17, 15) is 4.79 Å². The summed E-state index contributed by atoms with van der Waals surface area (Å²) in [4.78, 5) is 17.0. The molecule has 19 heavy (non-hydrogen) atoms. The van der Waals surface area contributed by atoms with Crippen LogP contribution in [0.5, 0.6) is 0 Å². The molecule has 98 valence electrons. The first-order valence-electron chi connectivity index (χ1n) is 6.29. The second kappa shape index (κ2) is 4.66. The number of carbonyl (C=O) groups is 1. The van der Waals surface area contributed by atoms with Crippen molar-refractivity contribution in [2.75, 3.05) is 13.6 Å². The Bertz CT molecular complexity index is 659. The van der Waals surface area contributed by atoms with Gasteiger partial charge in [0, 0.05) is 19.8 Å². The van der Waals surface area contributed by atoms with Crippen molar-refractivity contribution in [1.82, 2.24) is 14.5 Å². The summed E-state index contributed by atoms with van der Waals surface area (Å²) in [5.74, 6) is 0.132. The minimum absolute atomic E-state index is 0.132. The van der Waals surface area contributed by atoms with Gasteiger partial charge in [-0.3, -0.25) is 4.79 Å². The van der Waals surface area contributed by atoms with Crippen LogP contribution in [0.4, 0.5) is 0 Å². The maximum atomic E-state index is 12.2. The molecule has 0 saturated carbocycles. The summed E-state index contributed by atoms with van der Waals surface area (Å²) in [6.07, 6.45) is 2.69. The fourth-order valence-corrected chi connectivity index (χ4v) is 2.85. The first-order chi connectivity index (χ1) is 9.18. The van der Waals surface area contributed by atoms with E-state index in [1.54, 1.807) is 4.90 Å². The summed E-state index contributed by atoms with van der Waals surface area (Å²) in [5.41, 5.74) is 2.04. The van der Waals surface area contributed by atoms with Crippen molar-refractivity contribution in [1.29, 1.82) is 0 Å². The van der Waals surface area contributed by atoms with Crippen LogP contribution in [0.15, 0.2) is 36.5 Å². The van der Waals surface area contributed by atoms with Crippen molar-refractivity contribution in [3.05, 3.63) is 41.3 Å². The first-order valence-corrected chi connectivity index (χ1v) is 6.69. The Morgan fingerprint density at radius 3 is 2.68 bits per heavy atom. The highest BCUT2D eigenvalue weighted by atomic mass is 32.1. The van der Waals surface area contributed by atoms with E-state index in [2.05, 4.69) is 4.98 Å². The van der Waals surface area contributed by atoms with Crippen LogP contribution in [-0.4, -0.2) is 34.0 Å². The van der Waals surface area contributed by atoms with Crippen molar-refractivity contribution >= 4 is 18.1 Å². The Kier molecular flexibility index (Phi) is 2.98. The Morgan fingerprint density at radius 1 is 1.32 bits per heavy atom. The zero-order valence-electron chi connectivity index (χ0n) is 10.7. The number of nitrogens with one attached hydrogen (secondary N) is 1. The van der Waals surface area contributed by atoms with E-state index in [0.717, 1.165) is 24.2 Å². The number of hydrogen-bond donors (Lipinski definition) is 1. The van der Waals surface area contributed by atoms with Crippen molar-refractivity contribution < 1.29 is 4.79 Å². The van der Waals surface area contributed by atoms with Crippen molar-refractivity contribution in [2.24, 2.45) is 0 Å². The average molecular weight is 273 g/mol. The topological polar surface area (TPSA) is 41.0 Å². The number of likely N-dealkylation sites (N-methyl/N-ethyl adjacent to an activating group) is 1. The second-order valence-corrected chi connectivity index (χ2v) is 5.17. The Balaban J connectivity index is 2.10. The van der Waals surface area contributed by atoms with Crippen LogP contribution in [-0.2, 0) is 4.79 Å². The summed E-state index contributed by atoms with van der Waals surface area (Å²) < 4.78 is 2.55. The lowest BCUT2D eigenvalue weighted by Crippen LogP contribution is -2.24. The predicted octanol–water partition coefficient (Wildman–Crippen LogP) is 2.62. The summed E-state index contributed by atoms with van der Waals surface area (Å²) in [6, 6.07) is 9.81. The van der Waals surface area contributed by atoms with Crippen LogP contribution < -0.4 is 0 Å². The summed E-state index contributed by atoms with van der Waals surface area (Å²) in [5, 5.41) is 0. The third-order valence-corrected chi connectivity index (χ3v) is 3.91. The van der Waals surface area contributed by atoms with Crippen molar-refractivity contribution in [3.63, 3.8) is 0 Å². The van der Waals surface area contributed by atoms with Gasteiger partial charge in [0.1, 0.15) is 6.04 Å². The molecule has 1 atom stereocenters. The van der Waals surface area contributed by atoms with Crippen molar-refractivity contribution in [2.45, 2.75) is 12.5 Å². The number of aromatic amines is 1. The largest absolute Gasteiger partial charge is 0.344 e. The molecule has 2 heterocycles. The van der Waals surface area contributed by atoms with Crippen LogP contribution >= 0.6 is 12.2 Å². The zero-order valence-corrected chi connectivity index (χ0v) is 11.5. The van der Waals surface area contributed by atoms with Gasteiger partial charge in [0.2, 0.25) is 5.91 Å². The molecule has 1 aliphatic rings. The number of likely N-dealkylation sites (tertiary alicyclic amines) is 1. The molecule has 1 unspecified atom stereocenters. The molecular weight excluding hydrogens is 258 g/mol. The molecule has 3 rings (SSSR count). The number of hydrogen-bond acceptors (Lipinski definition) is 2. The number of amides is 1. The lowest BCUT2D eigenvalue weighted by Gasteiger charge is -2.15. The normalized spacial score (nSPS) is 19.1.